The molecule has 12 nitrogen and oxygen atoms in total. The van der Waals surface area contributed by atoms with E-state index in [0.29, 0.717) is 0 Å². The van der Waals surface area contributed by atoms with Gasteiger partial charge >= 0.3 is 17.9 Å². The van der Waals surface area contributed by atoms with Gasteiger partial charge in [0.15, 0.2) is 5.60 Å². The Bertz CT molecular complexity index is 1050. The van der Waals surface area contributed by atoms with Crippen molar-refractivity contribution < 1.29 is 34.8 Å². The fourth-order valence-electron chi connectivity index (χ4n) is 3.23. The summed E-state index contributed by atoms with van der Waals surface area (Å²) in [6.45, 7) is 6.10. The van der Waals surface area contributed by atoms with Crippen molar-refractivity contribution in [3.05, 3.63) is 58.8 Å². The number of aromatic amines is 1. The third kappa shape index (κ3) is 10.1. The average molecular weight is 508 g/mol. The first kappa shape index (κ1) is 27.7. The predicted octanol–water partition coefficient (Wildman–Crippen LogP) is 1.82. The Morgan fingerprint density at radius 2 is 1.83 bits per heavy atom. The molecule has 0 saturated carbocycles. The Labute approximate surface area is 205 Å². The van der Waals surface area contributed by atoms with E-state index in [1.807, 2.05) is 36.3 Å². The molecule has 0 aliphatic carbocycles. The first-order valence-electron chi connectivity index (χ1n) is 10.7. The number of rotatable bonds is 13. The molecule has 0 saturated heterocycles. The zero-order valence-corrected chi connectivity index (χ0v) is 20.0. The zero-order chi connectivity index (χ0) is 25.8. The number of hydrogen-bond acceptors (Lipinski definition) is 8. The van der Waals surface area contributed by atoms with Gasteiger partial charge in [-0.1, -0.05) is 0 Å². The highest BCUT2D eigenvalue weighted by Gasteiger charge is 2.40. The molecule has 5 N–H and O–H groups in total. The maximum Gasteiger partial charge on any atom is 0.336 e. The van der Waals surface area contributed by atoms with Crippen LogP contribution < -0.4 is 0 Å². The number of aliphatic hydroxyl groups is 1. The van der Waals surface area contributed by atoms with Crippen molar-refractivity contribution in [1.82, 2.24) is 24.4 Å². The van der Waals surface area contributed by atoms with Crippen molar-refractivity contribution in [1.29, 1.82) is 0 Å². The Hall–Kier alpha value is -3.55. The van der Waals surface area contributed by atoms with Crippen LogP contribution in [0.3, 0.4) is 0 Å². The molecule has 0 fully saturated rings. The molecule has 13 heteroatoms. The van der Waals surface area contributed by atoms with Crippen molar-refractivity contribution in [3.8, 4) is 0 Å². The number of imidazole rings is 2. The molecule has 0 atom stereocenters. The number of aliphatic carboxylic acids is 3. The van der Waals surface area contributed by atoms with Crippen LogP contribution in [0.2, 0.25) is 0 Å². The molecule has 0 unspecified atom stereocenters. The van der Waals surface area contributed by atoms with Crippen LogP contribution in [0.4, 0.5) is 0 Å². The number of aromatic nitrogens is 4. The van der Waals surface area contributed by atoms with Gasteiger partial charge in [-0.15, -0.1) is 11.3 Å². The summed E-state index contributed by atoms with van der Waals surface area (Å²) in [6, 6.07) is 4.43. The summed E-state index contributed by atoms with van der Waals surface area (Å²) in [5, 5.41) is 33.8. The number of nitrogens with one attached hydrogen (secondary N) is 1. The molecule has 0 aliphatic rings. The van der Waals surface area contributed by atoms with Crippen molar-refractivity contribution in [2.24, 2.45) is 0 Å². The third-order valence-corrected chi connectivity index (χ3v) is 5.84. The number of thiophene rings is 1. The number of aryl methyl sites for hydroxylation is 2. The lowest BCUT2D eigenvalue weighted by Gasteiger charge is -2.21. The van der Waals surface area contributed by atoms with Gasteiger partial charge in [-0.2, -0.15) is 0 Å². The number of H-pyrrole nitrogens is 1. The van der Waals surface area contributed by atoms with Gasteiger partial charge in [0, 0.05) is 60.2 Å². The molecule has 0 spiro atoms. The molecule has 3 rings (SSSR count). The molecule has 0 aliphatic heterocycles. The van der Waals surface area contributed by atoms with Crippen LogP contribution in [0.5, 0.6) is 0 Å². The smallest absolute Gasteiger partial charge is 0.336 e. The monoisotopic (exact) mass is 507 g/mol. The molecule has 35 heavy (non-hydrogen) atoms. The van der Waals surface area contributed by atoms with Crippen LogP contribution in [-0.4, -0.2) is 74.9 Å². The van der Waals surface area contributed by atoms with E-state index in [-0.39, 0.29) is 0 Å². The molecular formula is C22H29N5O7S. The van der Waals surface area contributed by atoms with Crippen molar-refractivity contribution >= 4 is 29.2 Å². The molecule has 0 bridgehead atoms. The Morgan fingerprint density at radius 1 is 1.11 bits per heavy atom. The van der Waals surface area contributed by atoms with Gasteiger partial charge in [0.05, 0.1) is 25.5 Å². The van der Waals surface area contributed by atoms with Crippen LogP contribution in [-0.2, 0) is 34.0 Å². The lowest BCUT2D eigenvalue weighted by Crippen LogP contribution is -2.42. The van der Waals surface area contributed by atoms with Crippen LogP contribution in [0.1, 0.15) is 34.7 Å². The van der Waals surface area contributed by atoms with E-state index in [4.69, 9.17) is 20.4 Å². The molecule has 3 aromatic heterocycles. The Kier molecular flexibility index (Phi) is 10.6. The lowest BCUT2D eigenvalue weighted by molar-refractivity contribution is -0.170. The average Bonchev–Trinajstić information content (AvgIpc) is 3.51. The van der Waals surface area contributed by atoms with Crippen LogP contribution in [0.25, 0.3) is 0 Å². The topological polar surface area (TPSA) is 182 Å². The van der Waals surface area contributed by atoms with E-state index >= 15 is 0 Å². The quantitative estimate of drug-likeness (QED) is 0.229. The summed E-state index contributed by atoms with van der Waals surface area (Å²) in [7, 11) is 0. The minimum absolute atomic E-state index is 0.904. The van der Waals surface area contributed by atoms with Gasteiger partial charge in [0.25, 0.3) is 0 Å². The van der Waals surface area contributed by atoms with Crippen molar-refractivity contribution in [2.75, 3.05) is 6.54 Å². The fraction of sp³-hybridized carbons (Fsp3) is 0.409. The summed E-state index contributed by atoms with van der Waals surface area (Å²) in [5.41, 5.74) is -1.58. The highest BCUT2D eigenvalue weighted by molar-refractivity contribution is 7.11. The fourth-order valence-corrected chi connectivity index (χ4v) is 4.16. The van der Waals surface area contributed by atoms with E-state index in [1.54, 1.807) is 6.33 Å². The second kappa shape index (κ2) is 13.4. The largest absolute Gasteiger partial charge is 0.481 e. The summed E-state index contributed by atoms with van der Waals surface area (Å²) in [6.07, 6.45) is 8.19. The predicted molar refractivity (Wildman–Crippen MR) is 126 cm³/mol. The summed E-state index contributed by atoms with van der Waals surface area (Å²) in [5.74, 6) is -5.02. The van der Waals surface area contributed by atoms with Gasteiger partial charge < -0.3 is 30.0 Å². The molecular weight excluding hydrogens is 478 g/mol. The Morgan fingerprint density at radius 3 is 2.31 bits per heavy atom. The van der Waals surface area contributed by atoms with E-state index in [2.05, 4.69) is 43.5 Å². The lowest BCUT2D eigenvalue weighted by atomic mass is 9.96. The van der Waals surface area contributed by atoms with Gasteiger partial charge in [0.2, 0.25) is 0 Å². The highest BCUT2D eigenvalue weighted by Crippen LogP contribution is 2.18. The van der Waals surface area contributed by atoms with Gasteiger partial charge in [-0.3, -0.25) is 14.5 Å². The first-order chi connectivity index (χ1) is 16.6. The number of carbonyl (C=O) groups is 3. The first-order valence-corrected chi connectivity index (χ1v) is 11.5. The van der Waals surface area contributed by atoms with Crippen LogP contribution >= 0.6 is 11.3 Å². The van der Waals surface area contributed by atoms with Gasteiger partial charge in [-0.25, -0.2) is 14.8 Å². The summed E-state index contributed by atoms with van der Waals surface area (Å²) >= 11 is 1.88. The standard InChI is InChI=1S/C16H21N5S.C6H8O7/c1-14-3-4-16(22-14)11-21(10-15-9-18-12-19-15)7-2-6-20-8-5-17-13-20;7-3(8)1-6(13,5(11)12)2-4(9)10/h3-5,8-9,12-13H,2,6-7,10-11H2,1H3,(H,18,19);13H,1-2H2,(H,7,8)(H,9,10)(H,11,12). The van der Waals surface area contributed by atoms with E-state index < -0.39 is 36.4 Å². The maximum atomic E-state index is 10.3. The van der Waals surface area contributed by atoms with E-state index in [9.17, 15) is 14.4 Å². The molecule has 190 valence electrons. The molecule has 3 heterocycles. The molecule has 0 amide bonds. The van der Waals surface area contributed by atoms with Crippen molar-refractivity contribution in [3.63, 3.8) is 0 Å². The van der Waals surface area contributed by atoms with E-state index in [0.717, 1.165) is 38.3 Å². The number of hydrogen-bond donors (Lipinski definition) is 5. The van der Waals surface area contributed by atoms with Crippen LogP contribution in [0.15, 0.2) is 43.4 Å². The normalized spacial score (nSPS) is 11.2. The second-order valence-electron chi connectivity index (χ2n) is 7.93. The number of nitrogens with zero attached hydrogens (tertiary/aromatic N) is 4. The molecule has 3 aromatic rings. The minimum atomic E-state index is -2.74. The number of carboxylic acid groups (broad SMARTS) is 3. The SMILES string of the molecule is Cc1ccc(CN(CCCn2ccnc2)Cc2cnc[nH]2)s1.O=C(O)CC(O)(CC(=O)O)C(=O)O. The van der Waals surface area contributed by atoms with Crippen molar-refractivity contribution in [2.45, 2.75) is 51.4 Å². The van der Waals surface area contributed by atoms with Gasteiger partial charge in [-0.05, 0) is 25.5 Å². The third-order valence-electron chi connectivity index (χ3n) is 4.86. The molecule has 0 radical (unpaired) electrons. The van der Waals surface area contributed by atoms with Gasteiger partial charge in [0.1, 0.15) is 0 Å². The summed E-state index contributed by atoms with van der Waals surface area (Å²) in [4.78, 5) is 47.1. The maximum absolute atomic E-state index is 10.3. The highest BCUT2D eigenvalue weighted by atomic mass is 32.1. The summed E-state index contributed by atoms with van der Waals surface area (Å²) < 4.78 is 2.13. The molecule has 0 aromatic carbocycles. The zero-order valence-electron chi connectivity index (χ0n) is 19.2. The van der Waals surface area contributed by atoms with Crippen LogP contribution in [0, 0.1) is 6.92 Å². The Balaban J connectivity index is 0.000000287. The number of carboxylic acids is 3. The second-order valence-corrected chi connectivity index (χ2v) is 9.30. The minimum Gasteiger partial charge on any atom is -0.481 e. The van der Waals surface area contributed by atoms with E-state index in [1.165, 1.54) is 9.75 Å².